The molecule has 0 bridgehead atoms. The second-order valence-corrected chi connectivity index (χ2v) is 13.9. The Morgan fingerprint density at radius 2 is 0.781 bits per heavy atom. The van der Waals surface area contributed by atoms with Gasteiger partial charge in [-0.05, 0) is 57.5 Å². The highest BCUT2D eigenvalue weighted by atomic mass is 31.2. The van der Waals surface area contributed by atoms with Crippen LogP contribution in [0.4, 0.5) is 0 Å². The third kappa shape index (κ3) is 4.01. The van der Waals surface area contributed by atoms with Crippen molar-refractivity contribution in [1.82, 2.24) is 9.80 Å². The molecule has 1 heterocycles. The van der Waals surface area contributed by atoms with Crippen molar-refractivity contribution >= 4 is 28.3 Å². The van der Waals surface area contributed by atoms with Gasteiger partial charge in [0.2, 0.25) is 0 Å². The van der Waals surface area contributed by atoms with E-state index in [0.717, 1.165) is 13.1 Å². The standard InChI is InChI=1S/C29H37N2P/c1-28(2,3)30-22-23-31(29(4,5)6)27(30)32(24-16-10-7-11-17-24,25-18-12-8-13-19-25)26-20-14-9-15-21-26/h7-21H,22-23H2,1-6H3. The van der Waals surface area contributed by atoms with Crippen molar-refractivity contribution in [3.05, 3.63) is 91.0 Å². The van der Waals surface area contributed by atoms with Crippen LogP contribution in [0.2, 0.25) is 0 Å². The van der Waals surface area contributed by atoms with Gasteiger partial charge < -0.3 is 0 Å². The van der Waals surface area contributed by atoms with Crippen LogP contribution >= 0.6 is 6.89 Å². The monoisotopic (exact) mass is 444 g/mol. The van der Waals surface area contributed by atoms with E-state index < -0.39 is 6.89 Å². The van der Waals surface area contributed by atoms with E-state index in [1.807, 2.05) is 0 Å². The first-order chi connectivity index (χ1) is 15.2. The van der Waals surface area contributed by atoms with E-state index in [0.29, 0.717) is 0 Å². The first-order valence-electron chi connectivity index (χ1n) is 11.7. The minimum atomic E-state index is -2.14. The summed E-state index contributed by atoms with van der Waals surface area (Å²) in [5, 5.41) is 4.24. The van der Waals surface area contributed by atoms with Crippen LogP contribution in [0, 0.1) is 0 Å². The number of rotatable bonds is 3. The van der Waals surface area contributed by atoms with Crippen LogP contribution in [0.3, 0.4) is 0 Å². The maximum absolute atomic E-state index is 2.69. The van der Waals surface area contributed by atoms with Crippen molar-refractivity contribution < 1.29 is 0 Å². The van der Waals surface area contributed by atoms with Crippen LogP contribution in [0.5, 0.6) is 0 Å². The Bertz CT molecular complexity index is 963. The molecule has 0 N–H and O–H groups in total. The summed E-state index contributed by atoms with van der Waals surface area (Å²) in [6.07, 6.45) is 0. The smallest absolute Gasteiger partial charge is 0.0726 e. The Hall–Kier alpha value is -2.12. The lowest BCUT2D eigenvalue weighted by Crippen LogP contribution is -2.53. The fourth-order valence-electron chi connectivity index (χ4n) is 4.93. The molecule has 2 nitrogen and oxygen atoms in total. The Balaban J connectivity index is 2.28. The van der Waals surface area contributed by atoms with Crippen molar-refractivity contribution in [3.63, 3.8) is 0 Å². The van der Waals surface area contributed by atoms with Crippen molar-refractivity contribution in [2.45, 2.75) is 52.6 Å². The Morgan fingerprint density at radius 1 is 0.500 bits per heavy atom. The van der Waals surface area contributed by atoms with Gasteiger partial charge in [0.25, 0.3) is 0 Å². The molecule has 3 aromatic carbocycles. The topological polar surface area (TPSA) is 6.48 Å². The average molecular weight is 445 g/mol. The number of hydrogen-bond acceptors (Lipinski definition) is 0. The quantitative estimate of drug-likeness (QED) is 0.507. The van der Waals surface area contributed by atoms with E-state index in [-0.39, 0.29) is 11.1 Å². The fraction of sp³-hybridized carbons (Fsp3) is 0.345. The van der Waals surface area contributed by atoms with Gasteiger partial charge in [-0.25, -0.2) is 0 Å². The summed E-state index contributed by atoms with van der Waals surface area (Å²) in [4.78, 5) is 5.39. The van der Waals surface area contributed by atoms with Gasteiger partial charge in [0.15, 0.2) is 0 Å². The number of nitrogens with zero attached hydrogens (tertiary/aromatic N) is 2. The minimum Gasteiger partial charge on any atom is -0.258 e. The van der Waals surface area contributed by atoms with Crippen LogP contribution in [-0.4, -0.2) is 39.5 Å². The van der Waals surface area contributed by atoms with Gasteiger partial charge in [-0.1, -0.05) is 91.0 Å². The third-order valence-corrected chi connectivity index (χ3v) is 10.7. The van der Waals surface area contributed by atoms with Gasteiger partial charge in [-0.15, -0.1) is 0 Å². The van der Waals surface area contributed by atoms with Gasteiger partial charge >= 0.3 is 0 Å². The van der Waals surface area contributed by atoms with Crippen LogP contribution < -0.4 is 15.9 Å². The van der Waals surface area contributed by atoms with Crippen molar-refractivity contribution in [1.29, 1.82) is 0 Å². The van der Waals surface area contributed by atoms with Crippen molar-refractivity contribution in [2.24, 2.45) is 0 Å². The van der Waals surface area contributed by atoms with Crippen molar-refractivity contribution in [2.75, 3.05) is 13.1 Å². The highest BCUT2D eigenvalue weighted by Crippen LogP contribution is 2.50. The fourth-order valence-corrected chi connectivity index (χ4v) is 9.90. The van der Waals surface area contributed by atoms with Crippen LogP contribution in [-0.2, 0) is 0 Å². The predicted octanol–water partition coefficient (Wildman–Crippen LogP) is 5.28. The highest BCUT2D eigenvalue weighted by Gasteiger charge is 2.45. The maximum Gasteiger partial charge on any atom is 0.0726 e. The molecule has 3 heteroatoms. The molecule has 168 valence electrons. The summed E-state index contributed by atoms with van der Waals surface area (Å²) in [5.41, 5.74) is 1.54. The first kappa shape index (κ1) is 23.1. The molecule has 3 aromatic rings. The summed E-state index contributed by atoms with van der Waals surface area (Å²) < 4.78 is 0. The van der Waals surface area contributed by atoms with Gasteiger partial charge in [0.05, 0.1) is 5.54 Å². The second kappa shape index (κ2) is 8.67. The molecule has 4 rings (SSSR count). The molecule has 1 fully saturated rings. The van der Waals surface area contributed by atoms with Crippen molar-refractivity contribution in [3.8, 4) is 0 Å². The summed E-state index contributed by atoms with van der Waals surface area (Å²) in [7, 11) is 0. The lowest BCUT2D eigenvalue weighted by molar-refractivity contribution is 0.254. The lowest BCUT2D eigenvalue weighted by atomic mass is 10.1. The van der Waals surface area contributed by atoms with Gasteiger partial charge in [-0.2, -0.15) is 0 Å². The molecular formula is C29H37N2P. The number of hydrogen-bond donors (Lipinski definition) is 0. The van der Waals surface area contributed by atoms with E-state index in [4.69, 9.17) is 0 Å². The normalized spacial score (nSPS) is 16.5. The second-order valence-electron chi connectivity index (χ2n) is 10.6. The predicted molar refractivity (Wildman–Crippen MR) is 143 cm³/mol. The Labute approximate surface area is 194 Å². The summed E-state index contributed by atoms with van der Waals surface area (Å²) >= 11 is 0. The molecule has 0 aromatic heterocycles. The molecule has 1 saturated heterocycles. The molecule has 0 atom stereocenters. The molecule has 0 unspecified atom stereocenters. The molecule has 0 aliphatic carbocycles. The van der Waals surface area contributed by atoms with Crippen LogP contribution in [0.25, 0.3) is 0 Å². The lowest BCUT2D eigenvalue weighted by Gasteiger charge is -2.44. The highest BCUT2D eigenvalue weighted by molar-refractivity contribution is 7.95. The molecule has 0 spiro atoms. The van der Waals surface area contributed by atoms with E-state index in [1.165, 1.54) is 21.5 Å². The van der Waals surface area contributed by atoms with E-state index in [2.05, 4.69) is 142 Å². The van der Waals surface area contributed by atoms with Crippen LogP contribution in [0.15, 0.2) is 91.0 Å². The molecule has 0 amide bonds. The van der Waals surface area contributed by atoms with Crippen LogP contribution in [0.1, 0.15) is 41.5 Å². The largest absolute Gasteiger partial charge is 0.258 e. The zero-order valence-electron chi connectivity index (χ0n) is 20.4. The Kier molecular flexibility index (Phi) is 6.25. The van der Waals surface area contributed by atoms with Gasteiger partial charge in [0.1, 0.15) is 0 Å². The Morgan fingerprint density at radius 3 is 1.03 bits per heavy atom. The summed E-state index contributed by atoms with van der Waals surface area (Å²) in [6.45, 7) is 14.1. The molecular weight excluding hydrogens is 407 g/mol. The molecule has 0 saturated carbocycles. The average Bonchev–Trinajstić information content (AvgIpc) is 3.23. The van der Waals surface area contributed by atoms with Gasteiger partial charge in [0, 0.05) is 31.1 Å². The summed E-state index contributed by atoms with van der Waals surface area (Å²) in [5.74, 6) is 0. The third-order valence-electron chi connectivity index (χ3n) is 6.38. The van der Waals surface area contributed by atoms with Gasteiger partial charge in [-0.3, -0.25) is 9.80 Å². The molecule has 32 heavy (non-hydrogen) atoms. The minimum absolute atomic E-state index is 0.0267. The molecule has 0 radical (unpaired) electrons. The van der Waals surface area contributed by atoms with E-state index in [1.54, 1.807) is 0 Å². The SMILES string of the molecule is CC(C)(C)N1CCN(C(C)(C)C)C1=P(c1ccccc1)(c1ccccc1)c1ccccc1. The van der Waals surface area contributed by atoms with E-state index in [9.17, 15) is 0 Å². The maximum atomic E-state index is 2.69. The number of benzene rings is 3. The molecule has 1 aliphatic heterocycles. The summed E-state index contributed by atoms with van der Waals surface area (Å²) in [6, 6.07) is 33.7. The zero-order valence-corrected chi connectivity index (χ0v) is 21.3. The molecule has 1 aliphatic rings. The zero-order chi connectivity index (χ0) is 23.0. The van der Waals surface area contributed by atoms with E-state index >= 15 is 0 Å². The first-order valence-corrected chi connectivity index (χ1v) is 13.4.